The lowest BCUT2D eigenvalue weighted by molar-refractivity contribution is 0.0951. The minimum absolute atomic E-state index is 0.0973. The third-order valence-corrected chi connectivity index (χ3v) is 5.98. The van der Waals surface area contributed by atoms with Crippen molar-refractivity contribution in [3.63, 3.8) is 0 Å². The molecule has 0 saturated carbocycles. The van der Waals surface area contributed by atoms with E-state index >= 15 is 0 Å². The third-order valence-electron chi connectivity index (χ3n) is 5.98. The lowest BCUT2D eigenvalue weighted by Crippen LogP contribution is -2.33. The summed E-state index contributed by atoms with van der Waals surface area (Å²) in [6.45, 7) is 3.68. The van der Waals surface area contributed by atoms with E-state index in [1.54, 1.807) is 10.9 Å². The average Bonchev–Trinajstić information content (AvgIpc) is 3.52. The Kier molecular flexibility index (Phi) is 5.85. The van der Waals surface area contributed by atoms with Gasteiger partial charge in [-0.1, -0.05) is 42.5 Å². The highest BCUT2D eigenvalue weighted by atomic mass is 16.1. The fraction of sp³-hybridized carbons (Fsp3) is 0.231. The van der Waals surface area contributed by atoms with Crippen LogP contribution in [0.25, 0.3) is 11.5 Å². The van der Waals surface area contributed by atoms with Gasteiger partial charge in [0.2, 0.25) is 0 Å². The highest BCUT2D eigenvalue weighted by Crippen LogP contribution is 2.20. The van der Waals surface area contributed by atoms with E-state index < -0.39 is 0 Å². The third kappa shape index (κ3) is 4.22. The van der Waals surface area contributed by atoms with Crippen molar-refractivity contribution in [2.24, 2.45) is 0 Å². The van der Waals surface area contributed by atoms with Gasteiger partial charge in [0, 0.05) is 38.6 Å². The molecule has 2 aromatic heterocycles. The van der Waals surface area contributed by atoms with Crippen LogP contribution in [0, 0.1) is 0 Å². The molecule has 0 bridgehead atoms. The van der Waals surface area contributed by atoms with Crippen molar-refractivity contribution in [3.05, 3.63) is 102 Å². The first kappa shape index (κ1) is 20.3. The van der Waals surface area contributed by atoms with Gasteiger partial charge in [-0.05, 0) is 48.2 Å². The molecule has 5 rings (SSSR count). The molecule has 0 atom stereocenters. The molecule has 1 amide bonds. The number of rotatable bonds is 7. The Hall–Kier alpha value is -3.64. The summed E-state index contributed by atoms with van der Waals surface area (Å²) in [4.78, 5) is 15.5. The first-order valence-electron chi connectivity index (χ1n) is 11.1. The maximum atomic E-state index is 13.0. The smallest absolute Gasteiger partial charge is 0.256 e. The largest absolute Gasteiger partial charge is 0.352 e. The topological polar surface area (TPSA) is 55.1 Å². The van der Waals surface area contributed by atoms with Gasteiger partial charge < -0.3 is 9.88 Å². The number of aromatic nitrogens is 3. The number of fused-ring (bicyclic) bond motifs is 1. The highest BCUT2D eigenvalue weighted by Gasteiger charge is 2.20. The van der Waals surface area contributed by atoms with Gasteiger partial charge in [-0.25, -0.2) is 4.68 Å². The molecule has 4 aromatic rings. The number of nitrogens with one attached hydrogen (secondary N) is 1. The summed E-state index contributed by atoms with van der Waals surface area (Å²) in [7, 11) is 0. The fourth-order valence-electron chi connectivity index (χ4n) is 4.33. The van der Waals surface area contributed by atoms with Crippen LogP contribution in [0.1, 0.15) is 27.9 Å². The van der Waals surface area contributed by atoms with E-state index in [1.807, 2.05) is 59.4 Å². The second-order valence-corrected chi connectivity index (χ2v) is 8.12. The molecule has 1 N–H and O–H groups in total. The van der Waals surface area contributed by atoms with Gasteiger partial charge in [-0.2, -0.15) is 5.10 Å². The van der Waals surface area contributed by atoms with Crippen molar-refractivity contribution in [2.45, 2.75) is 19.4 Å². The second-order valence-electron chi connectivity index (χ2n) is 8.12. The molecule has 0 saturated heterocycles. The quantitative estimate of drug-likeness (QED) is 0.458. The maximum absolute atomic E-state index is 13.0. The Morgan fingerprint density at radius 3 is 2.50 bits per heavy atom. The van der Waals surface area contributed by atoms with Crippen molar-refractivity contribution in [3.8, 4) is 11.5 Å². The number of hydrogen-bond acceptors (Lipinski definition) is 3. The number of carbonyl (C=O) groups excluding carboxylic acids is 1. The number of hydrogen-bond donors (Lipinski definition) is 1. The summed E-state index contributed by atoms with van der Waals surface area (Å²) in [6, 6.07) is 22.4. The predicted octanol–water partition coefficient (Wildman–Crippen LogP) is 3.84. The lowest BCUT2D eigenvalue weighted by Gasteiger charge is -2.28. The van der Waals surface area contributed by atoms with Crippen molar-refractivity contribution < 1.29 is 4.79 Å². The molecule has 0 fully saturated rings. The predicted molar refractivity (Wildman–Crippen MR) is 125 cm³/mol. The second kappa shape index (κ2) is 9.24. The van der Waals surface area contributed by atoms with Gasteiger partial charge in [0.25, 0.3) is 5.91 Å². The van der Waals surface area contributed by atoms with Crippen LogP contribution in [0.3, 0.4) is 0 Å². The summed E-state index contributed by atoms with van der Waals surface area (Å²) in [6.07, 6.45) is 7.53. The van der Waals surface area contributed by atoms with E-state index in [4.69, 9.17) is 0 Å². The number of nitrogens with zero attached hydrogens (tertiary/aromatic N) is 4. The van der Waals surface area contributed by atoms with Crippen molar-refractivity contribution in [2.75, 3.05) is 19.6 Å². The van der Waals surface area contributed by atoms with Crippen LogP contribution < -0.4 is 5.32 Å². The zero-order valence-electron chi connectivity index (χ0n) is 18.0. The summed E-state index contributed by atoms with van der Waals surface area (Å²) in [5.41, 5.74) is 4.37. The van der Waals surface area contributed by atoms with Gasteiger partial charge >= 0.3 is 0 Å². The zero-order valence-corrected chi connectivity index (χ0v) is 18.0. The van der Waals surface area contributed by atoms with Crippen LogP contribution in [0.4, 0.5) is 0 Å². The van der Waals surface area contributed by atoms with Crippen molar-refractivity contribution >= 4 is 5.91 Å². The molecule has 0 unspecified atom stereocenters. The van der Waals surface area contributed by atoms with Crippen LogP contribution in [-0.4, -0.2) is 44.8 Å². The SMILES string of the molecule is O=C(NCCCN1CCc2ccccc2C1)c1cnn(-c2ccccc2)c1-n1cccc1. The molecular formula is C26H27N5O. The molecule has 1 aliphatic rings. The maximum Gasteiger partial charge on any atom is 0.256 e. The Bertz CT molecular complexity index is 1180. The molecule has 0 radical (unpaired) electrons. The Balaban J connectivity index is 1.23. The van der Waals surface area contributed by atoms with Crippen molar-refractivity contribution in [1.29, 1.82) is 0 Å². The number of amides is 1. The van der Waals surface area contributed by atoms with Crippen LogP contribution in [0.15, 0.2) is 85.3 Å². The van der Waals surface area contributed by atoms with Crippen LogP contribution in [0.5, 0.6) is 0 Å². The molecule has 32 heavy (non-hydrogen) atoms. The summed E-state index contributed by atoms with van der Waals surface area (Å²) >= 11 is 0. The van der Waals surface area contributed by atoms with Crippen LogP contribution in [0.2, 0.25) is 0 Å². The van der Waals surface area contributed by atoms with Gasteiger partial charge in [0.1, 0.15) is 5.56 Å². The summed E-state index contributed by atoms with van der Waals surface area (Å²) in [5.74, 6) is 0.645. The summed E-state index contributed by atoms with van der Waals surface area (Å²) in [5, 5.41) is 7.61. The van der Waals surface area contributed by atoms with E-state index in [2.05, 4.69) is 39.6 Å². The number of para-hydroxylation sites is 1. The monoisotopic (exact) mass is 425 g/mol. The first-order valence-corrected chi connectivity index (χ1v) is 11.1. The Morgan fingerprint density at radius 2 is 1.69 bits per heavy atom. The van der Waals surface area contributed by atoms with E-state index in [0.29, 0.717) is 12.1 Å². The molecule has 0 spiro atoms. The Morgan fingerprint density at radius 1 is 0.938 bits per heavy atom. The standard InChI is InChI=1S/C26H27N5O/c32-25(27-14-8-15-29-18-13-21-9-4-5-10-22(21)20-29)24-19-28-31(23-11-2-1-3-12-23)26(24)30-16-6-7-17-30/h1-7,9-12,16-17,19H,8,13-15,18,20H2,(H,27,32). The van der Waals surface area contributed by atoms with E-state index in [1.165, 1.54) is 11.1 Å². The van der Waals surface area contributed by atoms with E-state index in [0.717, 1.165) is 44.0 Å². The molecule has 6 heteroatoms. The minimum atomic E-state index is -0.0973. The average molecular weight is 426 g/mol. The Labute approximate surface area is 188 Å². The van der Waals surface area contributed by atoms with Crippen LogP contribution in [-0.2, 0) is 13.0 Å². The normalized spacial score (nSPS) is 13.6. The number of carbonyl (C=O) groups is 1. The molecule has 162 valence electrons. The van der Waals surface area contributed by atoms with E-state index in [9.17, 15) is 4.79 Å². The number of benzene rings is 2. The molecule has 2 aromatic carbocycles. The first-order chi connectivity index (χ1) is 15.8. The molecule has 3 heterocycles. The molecule has 1 aliphatic heterocycles. The molecular weight excluding hydrogens is 398 g/mol. The fourth-order valence-corrected chi connectivity index (χ4v) is 4.33. The van der Waals surface area contributed by atoms with E-state index in [-0.39, 0.29) is 5.91 Å². The summed E-state index contributed by atoms with van der Waals surface area (Å²) < 4.78 is 3.74. The molecule has 6 nitrogen and oxygen atoms in total. The lowest BCUT2D eigenvalue weighted by atomic mass is 10.00. The van der Waals surface area contributed by atoms with Gasteiger partial charge in [0.05, 0.1) is 11.9 Å². The van der Waals surface area contributed by atoms with Gasteiger partial charge in [-0.15, -0.1) is 0 Å². The minimum Gasteiger partial charge on any atom is -0.352 e. The zero-order chi connectivity index (χ0) is 21.8. The van der Waals surface area contributed by atoms with Crippen molar-refractivity contribution in [1.82, 2.24) is 24.6 Å². The molecule has 0 aliphatic carbocycles. The van der Waals surface area contributed by atoms with Gasteiger partial charge in [-0.3, -0.25) is 9.69 Å². The van der Waals surface area contributed by atoms with Gasteiger partial charge in [0.15, 0.2) is 5.82 Å². The highest BCUT2D eigenvalue weighted by molar-refractivity contribution is 5.97. The van der Waals surface area contributed by atoms with Crippen LogP contribution >= 0.6 is 0 Å².